The number of hydrogen-bond acceptors (Lipinski definition) is 2. The van der Waals surface area contributed by atoms with E-state index in [1.807, 2.05) is 37.3 Å². The first-order chi connectivity index (χ1) is 9.58. The number of halogens is 1. The van der Waals surface area contributed by atoms with Crippen LogP contribution in [0.25, 0.3) is 0 Å². The zero-order valence-corrected chi connectivity index (χ0v) is 12.7. The molecule has 0 bridgehead atoms. The minimum Gasteiger partial charge on any atom is -0.457 e. The van der Waals surface area contributed by atoms with E-state index in [9.17, 15) is 0 Å². The number of ether oxygens (including phenoxy) is 1. The fourth-order valence-electron chi connectivity index (χ4n) is 2.09. The summed E-state index contributed by atoms with van der Waals surface area (Å²) in [5.74, 6) is 1.61. The van der Waals surface area contributed by atoms with Crippen molar-refractivity contribution in [2.24, 2.45) is 5.73 Å². The quantitative estimate of drug-likeness (QED) is 0.874. The van der Waals surface area contributed by atoms with Crippen LogP contribution < -0.4 is 10.5 Å². The second-order valence-corrected chi connectivity index (χ2v) is 5.47. The first-order valence-corrected chi connectivity index (χ1v) is 7.27. The molecule has 0 aliphatic heterocycles. The van der Waals surface area contributed by atoms with Crippen LogP contribution in [0.2, 0.25) is 5.02 Å². The highest BCUT2D eigenvalue weighted by Gasteiger charge is 2.08. The standard InChI is InChI=1S/C17H20ClNO/c1-3-13-5-4-6-16(10-13)20-17-11-15(18)8-7-14(17)9-12(2)19/h4-8,10-12H,3,9,19H2,1-2H3. The topological polar surface area (TPSA) is 35.2 Å². The molecule has 0 aliphatic rings. The molecule has 0 amide bonds. The second-order valence-electron chi connectivity index (χ2n) is 5.04. The molecular formula is C17H20ClNO. The predicted molar refractivity (Wildman–Crippen MR) is 84.7 cm³/mol. The van der Waals surface area contributed by atoms with Crippen molar-refractivity contribution in [3.8, 4) is 11.5 Å². The Kier molecular flexibility index (Phi) is 5.05. The minimum atomic E-state index is 0.0838. The van der Waals surface area contributed by atoms with Crippen LogP contribution in [0.4, 0.5) is 0 Å². The molecular weight excluding hydrogens is 270 g/mol. The Labute approximate surface area is 125 Å². The molecule has 1 unspecified atom stereocenters. The average molecular weight is 290 g/mol. The van der Waals surface area contributed by atoms with Gasteiger partial charge in [0.2, 0.25) is 0 Å². The van der Waals surface area contributed by atoms with Gasteiger partial charge in [0.25, 0.3) is 0 Å². The summed E-state index contributed by atoms with van der Waals surface area (Å²) < 4.78 is 5.99. The number of rotatable bonds is 5. The Balaban J connectivity index is 2.28. The number of aryl methyl sites for hydroxylation is 1. The molecule has 2 aromatic rings. The van der Waals surface area contributed by atoms with Gasteiger partial charge in [-0.2, -0.15) is 0 Å². The van der Waals surface area contributed by atoms with Crippen molar-refractivity contribution in [3.63, 3.8) is 0 Å². The summed E-state index contributed by atoms with van der Waals surface area (Å²) in [5.41, 5.74) is 8.21. The highest BCUT2D eigenvalue weighted by Crippen LogP contribution is 2.29. The lowest BCUT2D eigenvalue weighted by molar-refractivity contribution is 0.473. The van der Waals surface area contributed by atoms with Crippen molar-refractivity contribution < 1.29 is 4.74 Å². The van der Waals surface area contributed by atoms with Gasteiger partial charge in [-0.15, -0.1) is 0 Å². The van der Waals surface area contributed by atoms with E-state index in [-0.39, 0.29) is 6.04 Å². The van der Waals surface area contributed by atoms with Crippen LogP contribution in [-0.4, -0.2) is 6.04 Å². The van der Waals surface area contributed by atoms with Crippen molar-refractivity contribution in [1.29, 1.82) is 0 Å². The van der Waals surface area contributed by atoms with Crippen molar-refractivity contribution in [3.05, 3.63) is 58.6 Å². The zero-order chi connectivity index (χ0) is 14.5. The van der Waals surface area contributed by atoms with Crippen LogP contribution in [0.15, 0.2) is 42.5 Å². The smallest absolute Gasteiger partial charge is 0.132 e. The SMILES string of the molecule is CCc1cccc(Oc2cc(Cl)ccc2CC(C)N)c1. The fourth-order valence-corrected chi connectivity index (χ4v) is 2.26. The molecule has 1 atom stereocenters. The summed E-state index contributed by atoms with van der Waals surface area (Å²) in [5, 5.41) is 0.667. The molecule has 0 spiro atoms. The lowest BCUT2D eigenvalue weighted by atomic mass is 10.1. The van der Waals surface area contributed by atoms with E-state index >= 15 is 0 Å². The van der Waals surface area contributed by atoms with Gasteiger partial charge in [0.1, 0.15) is 11.5 Å². The van der Waals surface area contributed by atoms with Crippen molar-refractivity contribution in [2.75, 3.05) is 0 Å². The molecule has 0 saturated carbocycles. The largest absolute Gasteiger partial charge is 0.457 e. The van der Waals surface area contributed by atoms with Crippen LogP contribution in [0.3, 0.4) is 0 Å². The highest BCUT2D eigenvalue weighted by atomic mass is 35.5. The van der Waals surface area contributed by atoms with Gasteiger partial charge in [-0.1, -0.05) is 36.7 Å². The van der Waals surface area contributed by atoms with Crippen LogP contribution in [0.1, 0.15) is 25.0 Å². The normalized spacial score (nSPS) is 12.2. The first-order valence-electron chi connectivity index (χ1n) is 6.89. The van der Waals surface area contributed by atoms with E-state index in [1.165, 1.54) is 5.56 Å². The summed E-state index contributed by atoms with van der Waals surface area (Å²) in [6.07, 6.45) is 1.75. The van der Waals surface area contributed by atoms with E-state index in [0.29, 0.717) is 5.02 Å². The lowest BCUT2D eigenvalue weighted by Crippen LogP contribution is -2.18. The summed E-state index contributed by atoms with van der Waals surface area (Å²) >= 11 is 6.07. The molecule has 0 aliphatic carbocycles. The van der Waals surface area contributed by atoms with E-state index in [0.717, 1.165) is 29.9 Å². The van der Waals surface area contributed by atoms with Gasteiger partial charge in [-0.25, -0.2) is 0 Å². The molecule has 2 nitrogen and oxygen atoms in total. The maximum absolute atomic E-state index is 6.07. The van der Waals surface area contributed by atoms with Gasteiger partial charge in [-0.05, 0) is 55.2 Å². The number of hydrogen-bond donors (Lipinski definition) is 1. The average Bonchev–Trinajstić information content (AvgIpc) is 2.42. The molecule has 0 fully saturated rings. The highest BCUT2D eigenvalue weighted by molar-refractivity contribution is 6.30. The Morgan fingerprint density at radius 2 is 2.00 bits per heavy atom. The Bertz CT molecular complexity index is 581. The second kappa shape index (κ2) is 6.78. The Morgan fingerprint density at radius 3 is 2.70 bits per heavy atom. The zero-order valence-electron chi connectivity index (χ0n) is 11.9. The van der Waals surface area contributed by atoms with Gasteiger partial charge >= 0.3 is 0 Å². The van der Waals surface area contributed by atoms with Gasteiger partial charge in [0.15, 0.2) is 0 Å². The third-order valence-electron chi connectivity index (χ3n) is 3.11. The van der Waals surface area contributed by atoms with Gasteiger partial charge in [0, 0.05) is 11.1 Å². The molecule has 0 radical (unpaired) electrons. The van der Waals surface area contributed by atoms with Crippen LogP contribution in [0, 0.1) is 0 Å². The molecule has 20 heavy (non-hydrogen) atoms. The summed E-state index contributed by atoms with van der Waals surface area (Å²) in [4.78, 5) is 0. The van der Waals surface area contributed by atoms with E-state index in [1.54, 1.807) is 0 Å². The third-order valence-corrected chi connectivity index (χ3v) is 3.34. The molecule has 0 saturated heterocycles. The van der Waals surface area contributed by atoms with Crippen molar-refractivity contribution in [1.82, 2.24) is 0 Å². The Morgan fingerprint density at radius 1 is 1.20 bits per heavy atom. The molecule has 2 N–H and O–H groups in total. The predicted octanol–water partition coefficient (Wildman–Crippen LogP) is 4.58. The summed E-state index contributed by atoms with van der Waals surface area (Å²) in [7, 11) is 0. The number of benzene rings is 2. The van der Waals surface area contributed by atoms with E-state index in [4.69, 9.17) is 22.1 Å². The molecule has 2 aromatic carbocycles. The summed E-state index contributed by atoms with van der Waals surface area (Å²) in [6, 6.07) is 13.9. The van der Waals surface area contributed by atoms with Gasteiger partial charge in [-0.3, -0.25) is 0 Å². The van der Waals surface area contributed by atoms with E-state index in [2.05, 4.69) is 19.1 Å². The molecule has 3 heteroatoms. The van der Waals surface area contributed by atoms with Crippen LogP contribution in [-0.2, 0) is 12.8 Å². The van der Waals surface area contributed by atoms with Crippen molar-refractivity contribution in [2.45, 2.75) is 32.7 Å². The first kappa shape index (κ1) is 14.9. The maximum Gasteiger partial charge on any atom is 0.132 e. The maximum atomic E-state index is 6.07. The molecule has 0 heterocycles. The number of nitrogens with two attached hydrogens (primary N) is 1. The lowest BCUT2D eigenvalue weighted by Gasteiger charge is -2.14. The minimum absolute atomic E-state index is 0.0838. The van der Waals surface area contributed by atoms with Gasteiger partial charge < -0.3 is 10.5 Å². The van der Waals surface area contributed by atoms with Gasteiger partial charge in [0.05, 0.1) is 0 Å². The Hall–Kier alpha value is -1.51. The van der Waals surface area contributed by atoms with Crippen LogP contribution >= 0.6 is 11.6 Å². The van der Waals surface area contributed by atoms with E-state index < -0.39 is 0 Å². The fraction of sp³-hybridized carbons (Fsp3) is 0.294. The molecule has 106 valence electrons. The monoisotopic (exact) mass is 289 g/mol. The summed E-state index contributed by atoms with van der Waals surface area (Å²) in [6.45, 7) is 4.11. The third kappa shape index (κ3) is 3.99. The molecule has 0 aromatic heterocycles. The molecule has 2 rings (SSSR count). The van der Waals surface area contributed by atoms with Crippen molar-refractivity contribution >= 4 is 11.6 Å². The van der Waals surface area contributed by atoms with Crippen LogP contribution in [0.5, 0.6) is 11.5 Å².